The van der Waals surface area contributed by atoms with Gasteiger partial charge in [-0.2, -0.15) is 23.7 Å². The molecule has 2 aromatic rings. The number of piperazine rings is 1. The Balaban J connectivity index is 0.00000186. The summed E-state index contributed by atoms with van der Waals surface area (Å²) in [5.74, 6) is 0. The molecule has 0 amide bonds. The molecule has 1 saturated heterocycles. The van der Waals surface area contributed by atoms with E-state index in [1.807, 2.05) is 31.7 Å². The number of rotatable bonds is 5. The summed E-state index contributed by atoms with van der Waals surface area (Å²) in [5, 5.41) is 30.4. The van der Waals surface area contributed by atoms with Crippen molar-refractivity contribution in [2.24, 2.45) is 0 Å². The van der Waals surface area contributed by atoms with Crippen LogP contribution in [0.1, 0.15) is 61.1 Å². The Kier molecular flexibility index (Phi) is 9.22. The maximum atomic E-state index is 13.5. The fourth-order valence-electron chi connectivity index (χ4n) is 4.82. The summed E-state index contributed by atoms with van der Waals surface area (Å²) < 4.78 is 40.6. The molecular weight excluding hydrogens is 503 g/mol. The Morgan fingerprint density at radius 1 is 1.14 bits per heavy atom. The van der Waals surface area contributed by atoms with E-state index in [9.17, 15) is 23.5 Å². The number of benzene rings is 2. The summed E-state index contributed by atoms with van der Waals surface area (Å²) in [5.41, 5.74) is 6.43. The number of nitriles is 2. The standard InChI is InChI=1S/C25H23ClF3N5O.C2H6/c1-15-23-8-22(24-18(11-31)6-20(26)7-19(24)14-35)32-34(23)21(9-25(27,28)29)13-33(15)12-17-4-2-16(10-30)3-5-17;1-2/h2-8,15,21-22,32,35H,9,12-14H2,1H3;1-2H3. The largest absolute Gasteiger partial charge is 0.392 e. The van der Waals surface area contributed by atoms with Crippen molar-refractivity contribution in [2.75, 3.05) is 6.54 Å². The number of fused-ring (bicyclic) bond motifs is 1. The van der Waals surface area contributed by atoms with Gasteiger partial charge in [0.25, 0.3) is 0 Å². The summed E-state index contributed by atoms with van der Waals surface area (Å²) >= 11 is 6.08. The number of alkyl halides is 3. The average molecular weight is 532 g/mol. The number of aliphatic hydroxyl groups excluding tert-OH is 1. The number of hydrogen-bond donors (Lipinski definition) is 2. The van der Waals surface area contributed by atoms with Gasteiger partial charge >= 0.3 is 6.18 Å². The monoisotopic (exact) mass is 531 g/mol. The van der Waals surface area contributed by atoms with Gasteiger partial charge in [-0.05, 0) is 54.0 Å². The van der Waals surface area contributed by atoms with E-state index in [4.69, 9.17) is 16.9 Å². The van der Waals surface area contributed by atoms with Crippen LogP contribution >= 0.6 is 11.6 Å². The van der Waals surface area contributed by atoms with Crippen LogP contribution in [-0.2, 0) is 13.2 Å². The highest BCUT2D eigenvalue weighted by molar-refractivity contribution is 6.30. The molecule has 3 atom stereocenters. The molecule has 0 aromatic heterocycles. The van der Waals surface area contributed by atoms with Crippen molar-refractivity contribution in [3.63, 3.8) is 0 Å². The zero-order chi connectivity index (χ0) is 27.3. The Morgan fingerprint density at radius 2 is 1.81 bits per heavy atom. The van der Waals surface area contributed by atoms with Gasteiger partial charge in [-0.1, -0.05) is 37.6 Å². The minimum atomic E-state index is -4.37. The van der Waals surface area contributed by atoms with Crippen LogP contribution in [0.5, 0.6) is 0 Å². The number of aliphatic hydroxyl groups is 1. The molecule has 2 aliphatic rings. The van der Waals surface area contributed by atoms with E-state index in [1.165, 1.54) is 6.07 Å². The summed E-state index contributed by atoms with van der Waals surface area (Å²) in [4.78, 5) is 1.98. The highest BCUT2D eigenvalue weighted by Gasteiger charge is 2.45. The summed E-state index contributed by atoms with van der Waals surface area (Å²) in [7, 11) is 0. The van der Waals surface area contributed by atoms with Crippen LogP contribution in [0.4, 0.5) is 13.2 Å². The van der Waals surface area contributed by atoms with Gasteiger partial charge in [-0.15, -0.1) is 0 Å². The van der Waals surface area contributed by atoms with Crippen LogP contribution in [0.15, 0.2) is 48.2 Å². The van der Waals surface area contributed by atoms with Crippen molar-refractivity contribution in [2.45, 2.75) is 64.6 Å². The number of hydrazine groups is 1. The third-order valence-electron chi connectivity index (χ3n) is 6.45. The Bertz CT molecular complexity index is 1220. The van der Waals surface area contributed by atoms with Crippen LogP contribution in [0.2, 0.25) is 5.02 Å². The van der Waals surface area contributed by atoms with Crippen molar-refractivity contribution >= 4 is 11.6 Å². The molecule has 0 aliphatic carbocycles. The zero-order valence-corrected chi connectivity index (χ0v) is 21.6. The molecule has 1 fully saturated rings. The molecule has 2 heterocycles. The Morgan fingerprint density at radius 3 is 2.38 bits per heavy atom. The van der Waals surface area contributed by atoms with Crippen molar-refractivity contribution in [1.82, 2.24) is 15.3 Å². The fourth-order valence-corrected chi connectivity index (χ4v) is 5.06. The molecule has 0 spiro atoms. The number of nitrogens with one attached hydrogen (secondary N) is 1. The molecule has 2 aliphatic heterocycles. The minimum Gasteiger partial charge on any atom is -0.392 e. The van der Waals surface area contributed by atoms with Crippen LogP contribution in [0.25, 0.3) is 0 Å². The van der Waals surface area contributed by atoms with E-state index >= 15 is 0 Å². The first-order valence-electron chi connectivity index (χ1n) is 12.0. The van der Waals surface area contributed by atoms with Crippen LogP contribution in [0.3, 0.4) is 0 Å². The molecule has 2 N–H and O–H groups in total. The number of hydrogen-bond acceptors (Lipinski definition) is 6. The lowest BCUT2D eigenvalue weighted by molar-refractivity contribution is -0.153. The van der Waals surface area contributed by atoms with Gasteiger partial charge in [0, 0.05) is 29.9 Å². The molecule has 10 heteroatoms. The Hall–Kier alpha value is -3.08. The fraction of sp³-hybridized carbons (Fsp3) is 0.407. The summed E-state index contributed by atoms with van der Waals surface area (Å²) in [6, 6.07) is 12.5. The maximum Gasteiger partial charge on any atom is 0.391 e. The van der Waals surface area contributed by atoms with Gasteiger partial charge < -0.3 is 10.1 Å². The van der Waals surface area contributed by atoms with Crippen LogP contribution in [-0.4, -0.2) is 39.8 Å². The lowest BCUT2D eigenvalue weighted by atomic mass is 9.94. The normalized spacial score (nSPS) is 21.3. The van der Waals surface area contributed by atoms with Crippen molar-refractivity contribution in [3.8, 4) is 12.1 Å². The van der Waals surface area contributed by atoms with Gasteiger partial charge in [0.1, 0.15) is 0 Å². The van der Waals surface area contributed by atoms with E-state index in [0.717, 1.165) is 5.56 Å². The average Bonchev–Trinajstić information content (AvgIpc) is 3.32. The molecule has 2 aromatic carbocycles. The van der Waals surface area contributed by atoms with E-state index in [-0.39, 0.29) is 24.8 Å². The van der Waals surface area contributed by atoms with Gasteiger partial charge in [0.15, 0.2) is 0 Å². The second-order valence-electron chi connectivity index (χ2n) is 8.75. The SMILES string of the molecule is CC.CC1C2=CC(c3c(C#N)cc(Cl)cc3CO)NN2C(CC(F)(F)F)CN1Cc1ccc(C#N)cc1. The predicted octanol–water partition coefficient (Wildman–Crippen LogP) is 5.57. The molecule has 0 radical (unpaired) electrons. The second-order valence-corrected chi connectivity index (χ2v) is 9.19. The van der Waals surface area contributed by atoms with E-state index in [2.05, 4.69) is 17.6 Å². The molecule has 37 heavy (non-hydrogen) atoms. The number of nitrogens with zero attached hydrogens (tertiary/aromatic N) is 4. The van der Waals surface area contributed by atoms with Crippen molar-refractivity contribution < 1.29 is 18.3 Å². The van der Waals surface area contributed by atoms with Gasteiger partial charge in [-0.25, -0.2) is 5.43 Å². The topological polar surface area (TPSA) is 86.3 Å². The van der Waals surface area contributed by atoms with E-state index in [1.54, 1.807) is 35.3 Å². The highest BCUT2D eigenvalue weighted by Crippen LogP contribution is 2.39. The summed E-state index contributed by atoms with van der Waals surface area (Å²) in [6.45, 7) is 6.15. The van der Waals surface area contributed by atoms with E-state index in [0.29, 0.717) is 34.0 Å². The minimum absolute atomic E-state index is 0.163. The molecule has 3 unspecified atom stereocenters. The van der Waals surface area contributed by atoms with Gasteiger partial charge in [0.2, 0.25) is 0 Å². The van der Waals surface area contributed by atoms with E-state index < -0.39 is 24.7 Å². The first-order valence-corrected chi connectivity index (χ1v) is 12.4. The molecule has 6 nitrogen and oxygen atoms in total. The highest BCUT2D eigenvalue weighted by atomic mass is 35.5. The first kappa shape index (κ1) is 28.5. The second kappa shape index (κ2) is 12.0. The summed E-state index contributed by atoms with van der Waals surface area (Å²) in [6.07, 6.45) is -3.56. The third kappa shape index (κ3) is 6.44. The lowest BCUT2D eigenvalue weighted by Gasteiger charge is -2.46. The van der Waals surface area contributed by atoms with Crippen molar-refractivity contribution in [1.29, 1.82) is 10.5 Å². The first-order chi connectivity index (χ1) is 17.6. The van der Waals surface area contributed by atoms with Crippen LogP contribution < -0.4 is 5.43 Å². The van der Waals surface area contributed by atoms with Crippen molar-refractivity contribution in [3.05, 3.63) is 81.0 Å². The molecule has 196 valence electrons. The Labute approximate surface area is 220 Å². The molecule has 0 saturated carbocycles. The quantitative estimate of drug-likeness (QED) is 0.524. The molecule has 0 bridgehead atoms. The van der Waals surface area contributed by atoms with Crippen LogP contribution in [0, 0.1) is 22.7 Å². The smallest absolute Gasteiger partial charge is 0.391 e. The molecule has 4 rings (SSSR count). The lowest BCUT2D eigenvalue weighted by Crippen LogP contribution is -2.58. The van der Waals surface area contributed by atoms with Gasteiger partial charge in [-0.3, -0.25) is 4.90 Å². The van der Waals surface area contributed by atoms with Gasteiger partial charge in [0.05, 0.1) is 48.4 Å². The molecular formula is C27H29ClF3N5O. The third-order valence-corrected chi connectivity index (χ3v) is 6.67. The number of halogens is 4. The zero-order valence-electron chi connectivity index (χ0n) is 20.8. The maximum absolute atomic E-state index is 13.5. The predicted molar refractivity (Wildman–Crippen MR) is 135 cm³/mol.